The average molecular weight is 222 g/mol. The van der Waals surface area contributed by atoms with Crippen molar-refractivity contribution in [3.63, 3.8) is 0 Å². The van der Waals surface area contributed by atoms with E-state index in [1.165, 1.54) is 11.5 Å². The molecule has 0 unspecified atom stereocenters. The molecule has 1 aromatic carbocycles. The third-order valence-electron chi connectivity index (χ3n) is 1.91. The molecule has 0 aliphatic heterocycles. The standard InChI is InChI=1S/C10H10N2O2S/c1-13-8-5-3-4-7(6-8)9-11-10(14-2)15-12-9/h3-6H,1-2H3. The highest BCUT2D eigenvalue weighted by Gasteiger charge is 2.06. The van der Waals surface area contributed by atoms with Gasteiger partial charge in [-0.05, 0) is 12.1 Å². The van der Waals surface area contributed by atoms with Crippen LogP contribution in [0.25, 0.3) is 11.4 Å². The van der Waals surface area contributed by atoms with E-state index in [2.05, 4.69) is 9.36 Å². The van der Waals surface area contributed by atoms with Gasteiger partial charge in [-0.2, -0.15) is 9.36 Å². The van der Waals surface area contributed by atoms with Crippen LogP contribution >= 0.6 is 11.5 Å². The van der Waals surface area contributed by atoms with Crippen LogP contribution < -0.4 is 9.47 Å². The summed E-state index contributed by atoms with van der Waals surface area (Å²) in [5.41, 5.74) is 0.925. The van der Waals surface area contributed by atoms with E-state index in [1.54, 1.807) is 14.2 Å². The summed E-state index contributed by atoms with van der Waals surface area (Å²) in [5.74, 6) is 1.46. The summed E-state index contributed by atoms with van der Waals surface area (Å²) in [4.78, 5) is 4.20. The van der Waals surface area contributed by atoms with Gasteiger partial charge in [0.1, 0.15) is 5.75 Å². The van der Waals surface area contributed by atoms with Crippen LogP contribution in [0.3, 0.4) is 0 Å². The Morgan fingerprint density at radius 3 is 2.73 bits per heavy atom. The van der Waals surface area contributed by atoms with Gasteiger partial charge < -0.3 is 9.47 Å². The van der Waals surface area contributed by atoms with Gasteiger partial charge in [0.2, 0.25) is 0 Å². The lowest BCUT2D eigenvalue weighted by Crippen LogP contribution is -1.85. The summed E-state index contributed by atoms with van der Waals surface area (Å²) in [5, 5.41) is 0.563. The number of hydrogen-bond donors (Lipinski definition) is 0. The molecule has 0 bridgehead atoms. The number of rotatable bonds is 3. The maximum Gasteiger partial charge on any atom is 0.293 e. The van der Waals surface area contributed by atoms with Gasteiger partial charge in [0.05, 0.1) is 14.2 Å². The van der Waals surface area contributed by atoms with Gasteiger partial charge in [-0.1, -0.05) is 12.1 Å². The molecule has 1 aromatic heterocycles. The van der Waals surface area contributed by atoms with Crippen molar-refractivity contribution in [2.24, 2.45) is 0 Å². The molecule has 0 N–H and O–H groups in total. The molecule has 0 atom stereocenters. The van der Waals surface area contributed by atoms with E-state index in [-0.39, 0.29) is 0 Å². The van der Waals surface area contributed by atoms with Crippen molar-refractivity contribution in [1.29, 1.82) is 0 Å². The number of hydrogen-bond acceptors (Lipinski definition) is 5. The maximum atomic E-state index is 5.13. The van der Waals surface area contributed by atoms with Crippen molar-refractivity contribution in [2.75, 3.05) is 14.2 Å². The van der Waals surface area contributed by atoms with Crippen molar-refractivity contribution >= 4 is 11.5 Å². The fourth-order valence-electron chi connectivity index (χ4n) is 1.17. The van der Waals surface area contributed by atoms with Crippen LogP contribution in [-0.2, 0) is 0 Å². The van der Waals surface area contributed by atoms with E-state index in [4.69, 9.17) is 9.47 Å². The molecule has 0 aliphatic carbocycles. The number of aromatic nitrogens is 2. The molecule has 15 heavy (non-hydrogen) atoms. The molecule has 0 radical (unpaired) electrons. The van der Waals surface area contributed by atoms with Crippen LogP contribution in [0.2, 0.25) is 0 Å². The zero-order chi connectivity index (χ0) is 10.7. The molecule has 0 aliphatic rings. The normalized spacial score (nSPS) is 10.0. The molecule has 4 nitrogen and oxygen atoms in total. The lowest BCUT2D eigenvalue weighted by atomic mass is 10.2. The summed E-state index contributed by atoms with van der Waals surface area (Å²) in [7, 11) is 3.21. The van der Waals surface area contributed by atoms with E-state index in [0.717, 1.165) is 11.3 Å². The van der Waals surface area contributed by atoms with E-state index < -0.39 is 0 Å². The second-order valence-electron chi connectivity index (χ2n) is 2.82. The topological polar surface area (TPSA) is 44.2 Å². The largest absolute Gasteiger partial charge is 0.497 e. The minimum absolute atomic E-state index is 0.563. The first kappa shape index (κ1) is 9.92. The summed E-state index contributed by atoms with van der Waals surface area (Å²) in [6, 6.07) is 7.61. The zero-order valence-corrected chi connectivity index (χ0v) is 9.25. The van der Waals surface area contributed by atoms with Gasteiger partial charge in [0.15, 0.2) is 5.82 Å². The van der Waals surface area contributed by atoms with Gasteiger partial charge in [0, 0.05) is 17.1 Å². The highest BCUT2D eigenvalue weighted by Crippen LogP contribution is 2.24. The van der Waals surface area contributed by atoms with Crippen LogP contribution in [0.4, 0.5) is 0 Å². The molecule has 78 valence electrons. The Labute approximate surface area is 91.7 Å². The first-order valence-electron chi connectivity index (χ1n) is 4.35. The van der Waals surface area contributed by atoms with Gasteiger partial charge in [-0.3, -0.25) is 0 Å². The van der Waals surface area contributed by atoms with Gasteiger partial charge in [-0.15, -0.1) is 0 Å². The first-order chi connectivity index (χ1) is 7.33. The molecule has 5 heteroatoms. The van der Waals surface area contributed by atoms with Gasteiger partial charge >= 0.3 is 0 Å². The van der Waals surface area contributed by atoms with Crippen LogP contribution in [0.1, 0.15) is 0 Å². The predicted molar refractivity (Wildman–Crippen MR) is 58.4 cm³/mol. The number of ether oxygens (including phenoxy) is 2. The van der Waals surface area contributed by atoms with Crippen molar-refractivity contribution < 1.29 is 9.47 Å². The summed E-state index contributed by atoms with van der Waals surface area (Å²) >= 11 is 1.23. The Hall–Kier alpha value is -1.62. The Morgan fingerprint density at radius 1 is 1.20 bits per heavy atom. The SMILES string of the molecule is COc1cccc(-c2nsc(OC)n2)c1. The Balaban J connectivity index is 2.35. The Morgan fingerprint density at radius 2 is 2.07 bits per heavy atom. The number of nitrogens with zero attached hydrogens (tertiary/aromatic N) is 2. The lowest BCUT2D eigenvalue weighted by Gasteiger charge is -2.00. The van der Waals surface area contributed by atoms with E-state index in [1.807, 2.05) is 24.3 Å². The van der Waals surface area contributed by atoms with E-state index in [9.17, 15) is 0 Å². The Kier molecular flexibility index (Phi) is 2.82. The lowest BCUT2D eigenvalue weighted by molar-refractivity contribution is 0.412. The van der Waals surface area contributed by atoms with Gasteiger partial charge in [-0.25, -0.2) is 0 Å². The third-order valence-corrected chi connectivity index (χ3v) is 2.59. The summed E-state index contributed by atoms with van der Waals surface area (Å²) in [6.45, 7) is 0. The molecule has 0 spiro atoms. The molecule has 2 aromatic rings. The maximum absolute atomic E-state index is 5.13. The molecule has 0 saturated carbocycles. The van der Waals surface area contributed by atoms with Crippen LogP contribution in [0.5, 0.6) is 10.9 Å². The fourth-order valence-corrected chi connectivity index (χ4v) is 1.68. The summed E-state index contributed by atoms with van der Waals surface area (Å²) in [6.07, 6.45) is 0. The molecule has 1 heterocycles. The second-order valence-corrected chi connectivity index (χ2v) is 3.53. The monoisotopic (exact) mass is 222 g/mol. The average Bonchev–Trinajstić information content (AvgIpc) is 2.78. The zero-order valence-electron chi connectivity index (χ0n) is 8.43. The second kappa shape index (κ2) is 4.27. The molecule has 0 fully saturated rings. The van der Waals surface area contributed by atoms with Crippen LogP contribution in [-0.4, -0.2) is 23.6 Å². The molecular weight excluding hydrogens is 212 g/mol. The van der Waals surface area contributed by atoms with Crippen molar-refractivity contribution in [2.45, 2.75) is 0 Å². The van der Waals surface area contributed by atoms with Gasteiger partial charge in [0.25, 0.3) is 5.19 Å². The van der Waals surface area contributed by atoms with E-state index >= 15 is 0 Å². The first-order valence-corrected chi connectivity index (χ1v) is 5.13. The van der Waals surface area contributed by atoms with Crippen molar-refractivity contribution in [1.82, 2.24) is 9.36 Å². The third kappa shape index (κ3) is 2.07. The van der Waals surface area contributed by atoms with E-state index in [0.29, 0.717) is 11.0 Å². The predicted octanol–water partition coefficient (Wildman–Crippen LogP) is 2.22. The summed E-state index contributed by atoms with van der Waals surface area (Å²) < 4.78 is 14.3. The molecule has 0 saturated heterocycles. The Bertz CT molecular complexity index is 456. The smallest absolute Gasteiger partial charge is 0.293 e. The van der Waals surface area contributed by atoms with Crippen molar-refractivity contribution in [3.8, 4) is 22.3 Å². The van der Waals surface area contributed by atoms with Crippen LogP contribution in [0.15, 0.2) is 24.3 Å². The minimum Gasteiger partial charge on any atom is -0.497 e. The fraction of sp³-hybridized carbons (Fsp3) is 0.200. The quantitative estimate of drug-likeness (QED) is 0.798. The minimum atomic E-state index is 0.563. The highest BCUT2D eigenvalue weighted by atomic mass is 32.1. The molecule has 2 rings (SSSR count). The highest BCUT2D eigenvalue weighted by molar-refractivity contribution is 7.07. The van der Waals surface area contributed by atoms with Crippen LogP contribution in [0, 0.1) is 0 Å². The molecular formula is C10H10N2O2S. The number of methoxy groups -OCH3 is 2. The number of benzene rings is 1. The molecule has 0 amide bonds. The van der Waals surface area contributed by atoms with Crippen molar-refractivity contribution in [3.05, 3.63) is 24.3 Å².